The van der Waals surface area contributed by atoms with Gasteiger partial charge in [0, 0.05) is 6.42 Å². The van der Waals surface area contributed by atoms with Crippen molar-refractivity contribution in [1.29, 1.82) is 0 Å². The monoisotopic (exact) mass is 1410 g/mol. The Morgan fingerprint density at radius 1 is 0.370 bits per heavy atom. The quantitative estimate of drug-likeness (QED) is 0.0199. The summed E-state index contributed by atoms with van der Waals surface area (Å²) in [4.78, 5) is 13.5. The third kappa shape index (κ3) is 40.5. The Labute approximate surface area is 601 Å². The lowest BCUT2D eigenvalue weighted by atomic mass is 9.96. The first-order valence-corrected chi connectivity index (χ1v) is 38.8. The fourth-order valence-corrected chi connectivity index (χ4v) is 12.3. The van der Waals surface area contributed by atoms with E-state index in [9.17, 15) is 61.0 Å². The van der Waals surface area contributed by atoms with E-state index in [-0.39, 0.29) is 18.9 Å². The zero-order valence-corrected chi connectivity index (χ0v) is 61.1. The molecule has 12 N–H and O–H groups in total. The molecule has 0 aliphatic carbocycles. The van der Waals surface area contributed by atoms with E-state index in [1.165, 1.54) is 103 Å². The molecule has 19 nitrogen and oxygen atoms in total. The van der Waals surface area contributed by atoms with E-state index in [0.717, 1.165) is 116 Å². The van der Waals surface area contributed by atoms with Crippen LogP contribution in [0.1, 0.15) is 251 Å². The van der Waals surface area contributed by atoms with Gasteiger partial charge in [-0.15, -0.1) is 0 Å². The van der Waals surface area contributed by atoms with Crippen LogP contribution in [0.4, 0.5) is 0 Å². The molecule has 17 atom stereocenters. The van der Waals surface area contributed by atoms with Gasteiger partial charge in [-0.25, -0.2) is 0 Å². The predicted molar refractivity (Wildman–Crippen MR) is 397 cm³/mol. The summed E-state index contributed by atoms with van der Waals surface area (Å²) in [5.74, 6) is -0.305. The van der Waals surface area contributed by atoms with E-state index < -0.39 is 124 Å². The van der Waals surface area contributed by atoms with Gasteiger partial charge in [-0.05, 0) is 103 Å². The first-order valence-electron chi connectivity index (χ1n) is 38.8. The van der Waals surface area contributed by atoms with Gasteiger partial charge in [-0.2, -0.15) is 0 Å². The van der Waals surface area contributed by atoms with Crippen LogP contribution in [0.5, 0.6) is 0 Å². The Hall–Kier alpha value is -3.81. The van der Waals surface area contributed by atoms with Gasteiger partial charge in [-0.3, -0.25) is 4.79 Å². The molecule has 3 saturated heterocycles. The third-order valence-corrected chi connectivity index (χ3v) is 18.5. The van der Waals surface area contributed by atoms with Gasteiger partial charge in [0.05, 0.1) is 38.6 Å². The van der Waals surface area contributed by atoms with Crippen molar-refractivity contribution in [3.63, 3.8) is 0 Å². The standard InChI is InChI=1S/C81H137NO18/c1-3-5-7-9-11-13-15-17-19-21-23-25-27-29-31-32-33-35-37-39-41-43-45-47-49-51-53-55-57-59-69(87)82-64(65(86)58-56-54-52-50-48-46-44-42-40-38-36-34-30-28-26-24-22-20-18-16-14-12-10-8-6-4-2)63-95-79-75(93)72(90)77(67(61-84)97-79)100-81-76(94)73(91)78(68(62-85)98-81)99-80-74(92)71(89)70(88)66(60-83)96-80/h5,7,11,13,17,19,23,25,29,31,33,35,39-42,48,50,56,58,64-68,70-81,83-86,88-94H,3-4,6,8-10,12,14-16,18,20-22,24,26-28,30,32,34,36-38,43-47,49,51-55,57,59-63H2,1-2H3,(H,82,87)/b7-5-,13-11-,19-17-,25-23-,31-29-,35-33-,41-39-,42-40+,50-48+,58-56+. The molecule has 3 aliphatic rings. The number of hydrogen-bond acceptors (Lipinski definition) is 18. The first-order chi connectivity index (χ1) is 48.8. The van der Waals surface area contributed by atoms with Crippen LogP contribution >= 0.6 is 0 Å². The number of carbonyl (C=O) groups excluding carboxylic acids is 1. The molecule has 19 heteroatoms. The zero-order valence-electron chi connectivity index (χ0n) is 61.1. The van der Waals surface area contributed by atoms with Crippen molar-refractivity contribution >= 4 is 5.91 Å². The summed E-state index contributed by atoms with van der Waals surface area (Å²) in [6.45, 7) is 1.59. The third-order valence-electron chi connectivity index (χ3n) is 18.5. The summed E-state index contributed by atoms with van der Waals surface area (Å²) in [5.41, 5.74) is 0. The van der Waals surface area contributed by atoms with Gasteiger partial charge in [0.1, 0.15) is 73.2 Å². The Morgan fingerprint density at radius 3 is 1.12 bits per heavy atom. The van der Waals surface area contributed by atoms with Crippen LogP contribution in [0.2, 0.25) is 0 Å². The smallest absolute Gasteiger partial charge is 0.220 e. The van der Waals surface area contributed by atoms with Crippen LogP contribution in [0.25, 0.3) is 0 Å². The van der Waals surface area contributed by atoms with Crippen LogP contribution in [0, 0.1) is 0 Å². The van der Waals surface area contributed by atoms with Crippen molar-refractivity contribution in [2.75, 3.05) is 26.4 Å². The second kappa shape index (κ2) is 60.5. The molecule has 3 fully saturated rings. The highest BCUT2D eigenvalue weighted by Gasteiger charge is 2.53. The van der Waals surface area contributed by atoms with E-state index in [4.69, 9.17) is 28.4 Å². The summed E-state index contributed by atoms with van der Waals surface area (Å²) in [6, 6.07) is -1.01. The Balaban J connectivity index is 1.43. The molecule has 1 amide bonds. The minimum Gasteiger partial charge on any atom is -0.394 e. The second-order valence-electron chi connectivity index (χ2n) is 27.1. The number of aliphatic hydroxyl groups is 11. The number of amides is 1. The van der Waals surface area contributed by atoms with Crippen molar-refractivity contribution in [3.8, 4) is 0 Å². The SMILES string of the molecule is CC/C=C\C/C=C\C/C=C\C/C=C\C/C=C\C/C=C\C/C=C\CCCCCCCCCC(=O)NC(COC1OC(CO)C(OC2OC(CO)C(OC3OC(CO)C(O)C(O)C3O)C(O)C2O)C(O)C1O)C(O)/C=C/CC/C=C/CC/C=C/CCCCCCCCCCCCCCCCCC. The molecule has 0 radical (unpaired) electrons. The van der Waals surface area contributed by atoms with Crippen LogP contribution in [0.3, 0.4) is 0 Å². The summed E-state index contributed by atoms with van der Waals surface area (Å²) >= 11 is 0. The number of allylic oxidation sites excluding steroid dienone is 19. The second-order valence-corrected chi connectivity index (χ2v) is 27.1. The molecule has 0 spiro atoms. The van der Waals surface area contributed by atoms with Gasteiger partial charge in [0.25, 0.3) is 0 Å². The molecule has 3 heterocycles. The minimum atomic E-state index is -1.99. The van der Waals surface area contributed by atoms with Gasteiger partial charge in [0.2, 0.25) is 5.91 Å². The van der Waals surface area contributed by atoms with E-state index in [1.54, 1.807) is 6.08 Å². The molecular weight excluding hydrogens is 1270 g/mol. The molecule has 0 bridgehead atoms. The van der Waals surface area contributed by atoms with E-state index in [0.29, 0.717) is 12.8 Å². The highest BCUT2D eigenvalue weighted by molar-refractivity contribution is 5.76. The number of unbranched alkanes of at least 4 members (excludes halogenated alkanes) is 25. The number of rotatable bonds is 59. The van der Waals surface area contributed by atoms with Crippen molar-refractivity contribution in [2.45, 2.75) is 356 Å². The van der Waals surface area contributed by atoms with Crippen LogP contribution in [0.15, 0.2) is 122 Å². The average Bonchev–Trinajstić information content (AvgIpc) is 0.783. The van der Waals surface area contributed by atoms with Crippen molar-refractivity contribution < 1.29 is 89.4 Å². The Bertz CT molecular complexity index is 2280. The fraction of sp³-hybridized carbons (Fsp3) is 0.741. The molecule has 0 aromatic heterocycles. The number of carbonyl (C=O) groups is 1. The van der Waals surface area contributed by atoms with Crippen molar-refractivity contribution in [2.24, 2.45) is 0 Å². The molecule has 100 heavy (non-hydrogen) atoms. The largest absolute Gasteiger partial charge is 0.394 e. The molecule has 0 saturated carbocycles. The van der Waals surface area contributed by atoms with Crippen LogP contribution in [-0.2, 0) is 33.2 Å². The summed E-state index contributed by atoms with van der Waals surface area (Å²) in [5, 5.41) is 121. The molecule has 0 aromatic rings. The van der Waals surface area contributed by atoms with Crippen molar-refractivity contribution in [3.05, 3.63) is 122 Å². The van der Waals surface area contributed by atoms with E-state index in [2.05, 4.69) is 129 Å². The molecule has 17 unspecified atom stereocenters. The van der Waals surface area contributed by atoms with Crippen LogP contribution in [-0.4, -0.2) is 193 Å². The highest BCUT2D eigenvalue weighted by atomic mass is 16.8. The zero-order chi connectivity index (χ0) is 72.5. The topological polar surface area (TPSA) is 307 Å². The highest BCUT2D eigenvalue weighted by Crippen LogP contribution is 2.33. The normalized spacial score (nSPS) is 27.1. The van der Waals surface area contributed by atoms with E-state index >= 15 is 0 Å². The van der Waals surface area contributed by atoms with E-state index in [1.807, 2.05) is 6.08 Å². The molecule has 3 rings (SSSR count). The number of hydrogen-bond donors (Lipinski definition) is 12. The van der Waals surface area contributed by atoms with Gasteiger partial charge < -0.3 is 89.9 Å². The first kappa shape index (κ1) is 90.4. The molecule has 0 aromatic carbocycles. The molecule has 574 valence electrons. The number of aliphatic hydroxyl groups excluding tert-OH is 11. The molecule has 3 aliphatic heterocycles. The Kier molecular flexibility index (Phi) is 54.7. The average molecular weight is 1410 g/mol. The lowest BCUT2D eigenvalue weighted by Gasteiger charge is -2.48. The van der Waals surface area contributed by atoms with Gasteiger partial charge >= 0.3 is 0 Å². The fourth-order valence-electron chi connectivity index (χ4n) is 12.3. The number of nitrogens with one attached hydrogen (secondary N) is 1. The van der Waals surface area contributed by atoms with Crippen molar-refractivity contribution in [1.82, 2.24) is 5.32 Å². The summed E-state index contributed by atoms with van der Waals surface area (Å²) < 4.78 is 34.4. The maximum absolute atomic E-state index is 13.5. The van der Waals surface area contributed by atoms with Gasteiger partial charge in [-0.1, -0.05) is 264 Å². The summed E-state index contributed by atoms with van der Waals surface area (Å²) in [7, 11) is 0. The Morgan fingerprint density at radius 2 is 0.700 bits per heavy atom. The van der Waals surface area contributed by atoms with Gasteiger partial charge in [0.15, 0.2) is 18.9 Å². The summed E-state index contributed by atoms with van der Waals surface area (Å²) in [6.07, 6.45) is 57.4. The predicted octanol–water partition coefficient (Wildman–Crippen LogP) is 12.3. The lowest BCUT2D eigenvalue weighted by Crippen LogP contribution is -2.66. The maximum atomic E-state index is 13.5. The van der Waals surface area contributed by atoms with Crippen LogP contribution < -0.4 is 5.32 Å². The lowest BCUT2D eigenvalue weighted by molar-refractivity contribution is -0.379. The maximum Gasteiger partial charge on any atom is 0.220 e. The molecular formula is C81H137NO18. The minimum absolute atomic E-state index is 0.211. The number of ether oxygens (including phenoxy) is 6.